The van der Waals surface area contributed by atoms with Crippen molar-refractivity contribution < 1.29 is 0 Å². The van der Waals surface area contributed by atoms with E-state index in [0.717, 1.165) is 19.4 Å². The van der Waals surface area contributed by atoms with Crippen molar-refractivity contribution in [3.8, 4) is 22.4 Å². The molecule has 0 saturated carbocycles. The highest BCUT2D eigenvalue weighted by Crippen LogP contribution is 2.32. The van der Waals surface area contributed by atoms with Crippen LogP contribution in [-0.4, -0.2) is 11.5 Å². The van der Waals surface area contributed by atoms with Gasteiger partial charge in [-0.05, 0) is 79.6 Å². The lowest BCUT2D eigenvalue weighted by Crippen LogP contribution is -1.98. The van der Waals surface area contributed by atoms with Crippen LogP contribution in [0, 0.1) is 13.8 Å². The first-order valence-electron chi connectivity index (χ1n) is 8.07. The highest BCUT2D eigenvalue weighted by molar-refractivity contribution is 5.76. The summed E-state index contributed by atoms with van der Waals surface area (Å²) in [7, 11) is 0. The molecule has 2 aliphatic rings. The monoisotopic (exact) mass is 292 g/mol. The highest BCUT2D eigenvalue weighted by atomic mass is 14.7. The Hall–Kier alpha value is -2.06. The van der Waals surface area contributed by atoms with Crippen LogP contribution in [0.25, 0.3) is 22.4 Å². The molecule has 114 valence electrons. The number of pyridine rings is 1. The lowest BCUT2D eigenvalue weighted by Gasteiger charge is -2.08. The van der Waals surface area contributed by atoms with Crippen molar-refractivity contribution in [3.05, 3.63) is 59.3 Å². The summed E-state index contributed by atoms with van der Waals surface area (Å²) in [5.41, 5.74) is 14.7. The SMILES string of the molecule is Cc1cc2[nH]cc(-c3ccc(CCCCN)cc3)cc-2c1C. The number of H-pyrrole nitrogens is 1. The lowest BCUT2D eigenvalue weighted by atomic mass is 10.0. The van der Waals surface area contributed by atoms with Crippen LogP contribution >= 0.6 is 0 Å². The number of rotatable bonds is 5. The van der Waals surface area contributed by atoms with Gasteiger partial charge in [-0.15, -0.1) is 0 Å². The molecule has 0 atom stereocenters. The molecule has 0 fully saturated rings. The van der Waals surface area contributed by atoms with Crippen molar-refractivity contribution in [3.63, 3.8) is 0 Å². The first-order valence-corrected chi connectivity index (χ1v) is 8.07. The fourth-order valence-electron chi connectivity index (χ4n) is 2.98. The number of hydrogen-bond acceptors (Lipinski definition) is 1. The van der Waals surface area contributed by atoms with E-state index in [0.29, 0.717) is 0 Å². The zero-order valence-electron chi connectivity index (χ0n) is 13.4. The average Bonchev–Trinajstić information content (AvgIpc) is 2.83. The maximum absolute atomic E-state index is 5.55. The molecule has 1 aromatic carbocycles. The molecule has 3 N–H and O–H groups in total. The van der Waals surface area contributed by atoms with Gasteiger partial charge in [0.25, 0.3) is 0 Å². The van der Waals surface area contributed by atoms with E-state index in [1.807, 2.05) is 0 Å². The number of nitrogens with two attached hydrogens (primary N) is 1. The van der Waals surface area contributed by atoms with Gasteiger partial charge in [0.1, 0.15) is 0 Å². The van der Waals surface area contributed by atoms with Crippen molar-refractivity contribution in [1.29, 1.82) is 0 Å². The average molecular weight is 292 g/mol. The van der Waals surface area contributed by atoms with E-state index in [-0.39, 0.29) is 0 Å². The van der Waals surface area contributed by atoms with Crippen molar-refractivity contribution in [2.75, 3.05) is 6.54 Å². The Labute approximate surface area is 132 Å². The molecular weight excluding hydrogens is 268 g/mol. The quantitative estimate of drug-likeness (QED) is 0.658. The Morgan fingerprint density at radius 3 is 2.45 bits per heavy atom. The minimum atomic E-state index is 0.784. The molecule has 0 aromatic heterocycles. The largest absolute Gasteiger partial charge is 0.361 e. The Bertz CT molecular complexity index is 719. The zero-order chi connectivity index (χ0) is 15.5. The molecule has 0 unspecified atom stereocenters. The van der Waals surface area contributed by atoms with E-state index in [1.165, 1.54) is 45.5 Å². The summed E-state index contributed by atoms with van der Waals surface area (Å²) < 4.78 is 0. The van der Waals surface area contributed by atoms with Crippen LogP contribution in [0.15, 0.2) is 42.6 Å². The second-order valence-corrected chi connectivity index (χ2v) is 6.11. The normalized spacial score (nSPS) is 11.2. The molecule has 1 aliphatic carbocycles. The molecule has 0 amide bonds. The van der Waals surface area contributed by atoms with Crippen LogP contribution in [0.1, 0.15) is 29.5 Å². The predicted molar refractivity (Wildman–Crippen MR) is 94.3 cm³/mol. The van der Waals surface area contributed by atoms with Crippen LogP contribution < -0.4 is 5.73 Å². The van der Waals surface area contributed by atoms with Gasteiger partial charge in [0.2, 0.25) is 0 Å². The molecule has 1 heterocycles. The van der Waals surface area contributed by atoms with Gasteiger partial charge >= 0.3 is 0 Å². The summed E-state index contributed by atoms with van der Waals surface area (Å²) >= 11 is 0. The highest BCUT2D eigenvalue weighted by Gasteiger charge is 2.11. The van der Waals surface area contributed by atoms with Crippen LogP contribution in [0.2, 0.25) is 0 Å². The topological polar surface area (TPSA) is 41.8 Å². The molecule has 0 spiro atoms. The number of aryl methyl sites for hydroxylation is 2. The van der Waals surface area contributed by atoms with Gasteiger partial charge in [0.15, 0.2) is 0 Å². The number of nitrogens with one attached hydrogen (secondary N) is 1. The molecule has 22 heavy (non-hydrogen) atoms. The summed E-state index contributed by atoms with van der Waals surface area (Å²) in [6, 6.07) is 13.4. The van der Waals surface area contributed by atoms with Crippen LogP contribution in [0.3, 0.4) is 0 Å². The summed E-state index contributed by atoms with van der Waals surface area (Å²) in [5.74, 6) is 0. The summed E-state index contributed by atoms with van der Waals surface area (Å²) in [4.78, 5) is 3.42. The maximum Gasteiger partial charge on any atom is 0.0459 e. The summed E-state index contributed by atoms with van der Waals surface area (Å²) in [5, 5.41) is 0. The minimum Gasteiger partial charge on any atom is -0.361 e. The molecule has 3 rings (SSSR count). The number of hydrogen-bond donors (Lipinski definition) is 2. The zero-order valence-corrected chi connectivity index (χ0v) is 13.4. The van der Waals surface area contributed by atoms with E-state index in [9.17, 15) is 0 Å². The van der Waals surface area contributed by atoms with Crippen LogP contribution in [0.5, 0.6) is 0 Å². The lowest BCUT2D eigenvalue weighted by molar-refractivity contribution is 0.745. The van der Waals surface area contributed by atoms with Gasteiger partial charge in [0, 0.05) is 17.5 Å². The predicted octanol–water partition coefficient (Wildman–Crippen LogP) is 4.68. The first kappa shape index (κ1) is 14.9. The number of unbranched alkanes of at least 4 members (excludes halogenated alkanes) is 1. The summed E-state index contributed by atoms with van der Waals surface area (Å²) in [6.07, 6.45) is 5.49. The second-order valence-electron chi connectivity index (χ2n) is 6.11. The van der Waals surface area contributed by atoms with Gasteiger partial charge < -0.3 is 10.7 Å². The fraction of sp³-hybridized carbons (Fsp3) is 0.300. The van der Waals surface area contributed by atoms with Gasteiger partial charge in [-0.2, -0.15) is 0 Å². The van der Waals surface area contributed by atoms with Gasteiger partial charge in [-0.3, -0.25) is 0 Å². The van der Waals surface area contributed by atoms with Crippen molar-refractivity contribution in [1.82, 2.24) is 4.98 Å². The number of fused-ring (bicyclic) bond motifs is 1. The number of aromatic amines is 1. The van der Waals surface area contributed by atoms with Crippen LogP contribution in [0.4, 0.5) is 0 Å². The van der Waals surface area contributed by atoms with Crippen molar-refractivity contribution in [2.45, 2.75) is 33.1 Å². The Kier molecular flexibility index (Phi) is 4.30. The molecule has 2 nitrogen and oxygen atoms in total. The number of benzene rings is 1. The smallest absolute Gasteiger partial charge is 0.0459 e. The Morgan fingerprint density at radius 1 is 0.955 bits per heavy atom. The van der Waals surface area contributed by atoms with E-state index in [1.54, 1.807) is 0 Å². The molecule has 0 bridgehead atoms. The van der Waals surface area contributed by atoms with E-state index in [2.05, 4.69) is 61.4 Å². The molecular formula is C20H24N2. The van der Waals surface area contributed by atoms with Gasteiger partial charge in [0.05, 0.1) is 0 Å². The standard InChI is InChI=1S/C20H24N2/c1-14-11-20-19(15(14)2)12-18(13-22-20)17-8-6-16(7-9-17)5-3-4-10-21/h6-9,11-13,22H,3-5,10,21H2,1-2H3. The second kappa shape index (κ2) is 6.37. The van der Waals surface area contributed by atoms with Crippen molar-refractivity contribution in [2.24, 2.45) is 5.73 Å². The van der Waals surface area contributed by atoms with Crippen LogP contribution in [-0.2, 0) is 6.42 Å². The third-order valence-electron chi connectivity index (χ3n) is 4.54. The van der Waals surface area contributed by atoms with Gasteiger partial charge in [-0.1, -0.05) is 24.3 Å². The number of aromatic nitrogens is 1. The molecule has 0 saturated heterocycles. The minimum absolute atomic E-state index is 0.784. The van der Waals surface area contributed by atoms with E-state index in [4.69, 9.17) is 5.73 Å². The summed E-state index contributed by atoms with van der Waals surface area (Å²) in [6.45, 7) is 5.14. The fourth-order valence-corrected chi connectivity index (χ4v) is 2.98. The van der Waals surface area contributed by atoms with Gasteiger partial charge in [-0.25, -0.2) is 0 Å². The first-order chi connectivity index (χ1) is 10.7. The van der Waals surface area contributed by atoms with E-state index < -0.39 is 0 Å². The molecule has 0 radical (unpaired) electrons. The Balaban J connectivity index is 1.85. The molecule has 2 heteroatoms. The van der Waals surface area contributed by atoms with Crippen molar-refractivity contribution >= 4 is 0 Å². The Morgan fingerprint density at radius 2 is 1.73 bits per heavy atom. The van der Waals surface area contributed by atoms with E-state index >= 15 is 0 Å². The third kappa shape index (κ3) is 2.93. The molecule has 1 aliphatic heterocycles. The third-order valence-corrected chi connectivity index (χ3v) is 4.54. The maximum atomic E-state index is 5.55. The molecule has 1 aromatic rings.